The van der Waals surface area contributed by atoms with Crippen molar-refractivity contribution in [2.75, 3.05) is 0 Å². The molecule has 88 valence electrons. The number of aromatic nitrogens is 1. The van der Waals surface area contributed by atoms with Crippen LogP contribution < -0.4 is 0 Å². The number of carboxylic acids is 1. The van der Waals surface area contributed by atoms with Gasteiger partial charge in [0.2, 0.25) is 0 Å². The molecule has 0 fully saturated rings. The van der Waals surface area contributed by atoms with Crippen molar-refractivity contribution in [3.8, 4) is 11.1 Å². The molecule has 0 aliphatic carbocycles. The van der Waals surface area contributed by atoms with Gasteiger partial charge in [0.05, 0.1) is 11.8 Å². The lowest BCUT2D eigenvalue weighted by molar-refractivity contribution is 0.0697. The summed E-state index contributed by atoms with van der Waals surface area (Å²) in [6.45, 7) is 0. The molecule has 0 radical (unpaired) electrons. The molecular formula is C14H9NO3. The van der Waals surface area contributed by atoms with Gasteiger partial charge in [-0.2, -0.15) is 0 Å². The summed E-state index contributed by atoms with van der Waals surface area (Å²) >= 11 is 0. The quantitative estimate of drug-likeness (QED) is 0.745. The summed E-state index contributed by atoms with van der Waals surface area (Å²) in [5.74, 6) is -0.981. The molecule has 4 nitrogen and oxygen atoms in total. The van der Waals surface area contributed by atoms with Gasteiger partial charge in [0, 0.05) is 17.8 Å². The van der Waals surface area contributed by atoms with E-state index in [1.165, 1.54) is 6.20 Å². The first-order chi connectivity index (χ1) is 8.75. The maximum Gasteiger partial charge on any atom is 0.337 e. The van der Waals surface area contributed by atoms with Crippen molar-refractivity contribution in [1.82, 2.24) is 4.98 Å². The highest BCUT2D eigenvalue weighted by Gasteiger charge is 2.12. The summed E-state index contributed by atoms with van der Waals surface area (Å²) in [6, 6.07) is 9.12. The third-order valence-corrected chi connectivity index (χ3v) is 2.81. The minimum absolute atomic E-state index is 0.195. The monoisotopic (exact) mass is 239 g/mol. The number of benzene rings is 1. The summed E-state index contributed by atoms with van der Waals surface area (Å²) in [4.78, 5) is 15.0. The molecule has 0 amide bonds. The number of hydrogen-bond donors (Lipinski definition) is 1. The Labute approximate surface area is 103 Å². The molecule has 0 atom stereocenters. The van der Waals surface area contributed by atoms with Crippen LogP contribution in [0.4, 0.5) is 0 Å². The van der Waals surface area contributed by atoms with E-state index in [2.05, 4.69) is 4.98 Å². The second-order valence-electron chi connectivity index (χ2n) is 3.90. The first-order valence-electron chi connectivity index (χ1n) is 5.40. The number of carbonyl (C=O) groups is 1. The Morgan fingerprint density at radius 2 is 2.11 bits per heavy atom. The van der Waals surface area contributed by atoms with Crippen molar-refractivity contribution in [2.45, 2.75) is 0 Å². The Balaban J connectivity index is 2.22. The van der Waals surface area contributed by atoms with E-state index < -0.39 is 5.97 Å². The Kier molecular flexibility index (Phi) is 2.34. The van der Waals surface area contributed by atoms with Crippen LogP contribution in [-0.2, 0) is 0 Å². The summed E-state index contributed by atoms with van der Waals surface area (Å²) in [5, 5.41) is 10.1. The molecule has 1 N–H and O–H groups in total. The summed E-state index contributed by atoms with van der Waals surface area (Å²) in [7, 11) is 0. The second-order valence-corrected chi connectivity index (χ2v) is 3.90. The highest BCUT2D eigenvalue weighted by atomic mass is 16.4. The average Bonchev–Trinajstić information content (AvgIpc) is 2.85. The third kappa shape index (κ3) is 1.64. The van der Waals surface area contributed by atoms with E-state index in [4.69, 9.17) is 9.52 Å². The molecule has 1 aromatic carbocycles. The van der Waals surface area contributed by atoms with Crippen LogP contribution in [0.3, 0.4) is 0 Å². The van der Waals surface area contributed by atoms with E-state index in [0.717, 1.165) is 16.5 Å². The molecule has 0 bridgehead atoms. The second kappa shape index (κ2) is 4.00. The Morgan fingerprint density at radius 1 is 1.22 bits per heavy atom. The van der Waals surface area contributed by atoms with Crippen LogP contribution >= 0.6 is 0 Å². The van der Waals surface area contributed by atoms with E-state index in [-0.39, 0.29) is 5.56 Å². The number of aromatic carboxylic acids is 1. The fourth-order valence-corrected chi connectivity index (χ4v) is 1.95. The zero-order valence-electron chi connectivity index (χ0n) is 9.33. The Hall–Kier alpha value is -2.62. The van der Waals surface area contributed by atoms with E-state index in [9.17, 15) is 4.79 Å². The average molecular weight is 239 g/mol. The number of furan rings is 1. The predicted molar refractivity (Wildman–Crippen MR) is 66.4 cm³/mol. The highest BCUT2D eigenvalue weighted by molar-refractivity contribution is 5.97. The molecule has 0 unspecified atom stereocenters. The van der Waals surface area contributed by atoms with Gasteiger partial charge in [0.25, 0.3) is 0 Å². The highest BCUT2D eigenvalue weighted by Crippen LogP contribution is 2.27. The Morgan fingerprint density at radius 3 is 2.94 bits per heavy atom. The molecule has 4 heteroatoms. The number of carboxylic acid groups (broad SMARTS) is 1. The molecular weight excluding hydrogens is 230 g/mol. The molecule has 0 saturated carbocycles. The van der Waals surface area contributed by atoms with Gasteiger partial charge in [-0.1, -0.05) is 6.07 Å². The molecule has 2 aromatic heterocycles. The van der Waals surface area contributed by atoms with Gasteiger partial charge < -0.3 is 9.52 Å². The maximum absolute atomic E-state index is 11.2. The maximum atomic E-state index is 11.2. The van der Waals surface area contributed by atoms with Gasteiger partial charge in [-0.05, 0) is 35.4 Å². The van der Waals surface area contributed by atoms with Gasteiger partial charge in [-0.25, -0.2) is 4.79 Å². The zero-order valence-corrected chi connectivity index (χ0v) is 9.33. The molecule has 0 aliphatic rings. The molecule has 2 heterocycles. The van der Waals surface area contributed by atoms with E-state index in [1.807, 2.05) is 24.3 Å². The van der Waals surface area contributed by atoms with Crippen molar-refractivity contribution < 1.29 is 14.3 Å². The van der Waals surface area contributed by atoms with Gasteiger partial charge in [-0.3, -0.25) is 4.98 Å². The first-order valence-corrected chi connectivity index (χ1v) is 5.40. The van der Waals surface area contributed by atoms with Crippen molar-refractivity contribution in [3.63, 3.8) is 0 Å². The van der Waals surface area contributed by atoms with Gasteiger partial charge in [-0.15, -0.1) is 0 Å². The lowest BCUT2D eigenvalue weighted by Crippen LogP contribution is -2.00. The van der Waals surface area contributed by atoms with E-state index >= 15 is 0 Å². The van der Waals surface area contributed by atoms with Crippen LogP contribution in [0, 0.1) is 0 Å². The minimum atomic E-state index is -0.981. The number of nitrogens with zero attached hydrogens (tertiary/aromatic N) is 1. The minimum Gasteiger partial charge on any atom is -0.478 e. The van der Waals surface area contributed by atoms with Crippen LogP contribution in [0.2, 0.25) is 0 Å². The van der Waals surface area contributed by atoms with Gasteiger partial charge in [0.1, 0.15) is 5.58 Å². The molecule has 3 aromatic rings. The standard InChI is InChI=1S/C14H9NO3/c16-14(17)12-8-15-5-3-11(12)9-1-2-13-10(7-9)4-6-18-13/h1-8H,(H,16,17). The van der Waals surface area contributed by atoms with E-state index in [0.29, 0.717) is 5.56 Å². The predicted octanol–water partition coefficient (Wildman–Crippen LogP) is 3.19. The van der Waals surface area contributed by atoms with Crippen LogP contribution in [0.15, 0.2) is 53.4 Å². The van der Waals surface area contributed by atoms with Crippen LogP contribution in [0.25, 0.3) is 22.1 Å². The molecule has 0 aliphatic heterocycles. The van der Waals surface area contributed by atoms with E-state index in [1.54, 1.807) is 18.5 Å². The first kappa shape index (κ1) is 10.5. The van der Waals surface area contributed by atoms with Gasteiger partial charge >= 0.3 is 5.97 Å². The van der Waals surface area contributed by atoms with Crippen molar-refractivity contribution in [2.24, 2.45) is 0 Å². The van der Waals surface area contributed by atoms with Crippen LogP contribution in [0.1, 0.15) is 10.4 Å². The topological polar surface area (TPSA) is 63.3 Å². The van der Waals surface area contributed by atoms with Crippen molar-refractivity contribution in [1.29, 1.82) is 0 Å². The number of hydrogen-bond acceptors (Lipinski definition) is 3. The summed E-state index contributed by atoms with van der Waals surface area (Å²) in [6.07, 6.45) is 4.55. The van der Waals surface area contributed by atoms with Gasteiger partial charge in [0.15, 0.2) is 0 Å². The molecule has 0 spiro atoms. The summed E-state index contributed by atoms with van der Waals surface area (Å²) in [5.41, 5.74) is 2.47. The Bertz CT molecular complexity index is 730. The smallest absolute Gasteiger partial charge is 0.337 e. The van der Waals surface area contributed by atoms with Crippen LogP contribution in [-0.4, -0.2) is 16.1 Å². The van der Waals surface area contributed by atoms with Crippen molar-refractivity contribution in [3.05, 3.63) is 54.6 Å². The SMILES string of the molecule is O=C(O)c1cnccc1-c1ccc2occc2c1. The molecule has 3 rings (SSSR count). The fraction of sp³-hybridized carbons (Fsp3) is 0. The summed E-state index contributed by atoms with van der Waals surface area (Å²) < 4.78 is 5.26. The number of rotatable bonds is 2. The van der Waals surface area contributed by atoms with Crippen LogP contribution in [0.5, 0.6) is 0 Å². The lowest BCUT2D eigenvalue weighted by Gasteiger charge is -2.05. The number of fused-ring (bicyclic) bond motifs is 1. The fourth-order valence-electron chi connectivity index (χ4n) is 1.95. The largest absolute Gasteiger partial charge is 0.478 e. The zero-order chi connectivity index (χ0) is 12.5. The lowest BCUT2D eigenvalue weighted by atomic mass is 10.0. The van der Waals surface area contributed by atoms with Crippen molar-refractivity contribution >= 4 is 16.9 Å². The normalized spacial score (nSPS) is 10.7. The molecule has 0 saturated heterocycles. The number of pyridine rings is 1. The third-order valence-electron chi connectivity index (χ3n) is 2.81. The molecule has 18 heavy (non-hydrogen) atoms.